The van der Waals surface area contributed by atoms with Gasteiger partial charge in [0.05, 0.1) is 0 Å². The number of ether oxygens (including phenoxy) is 2. The molecule has 4 rings (SSSR count). The third-order valence-corrected chi connectivity index (χ3v) is 7.78. The van der Waals surface area contributed by atoms with E-state index in [1.54, 1.807) is 64.1 Å². The topological polar surface area (TPSA) is 150 Å². The molecule has 0 unspecified atom stereocenters. The van der Waals surface area contributed by atoms with Crippen LogP contribution in [0.1, 0.15) is 68.7 Å². The van der Waals surface area contributed by atoms with Crippen LogP contribution in [0, 0.1) is 11.2 Å². The first kappa shape index (κ1) is 35.6. The van der Waals surface area contributed by atoms with Crippen LogP contribution >= 0.6 is 0 Å². The molecule has 0 radical (unpaired) electrons. The average Bonchev–Trinajstić information content (AvgIpc) is 3.06. The fourth-order valence-corrected chi connectivity index (χ4v) is 5.23. The molecular formula is C36H42FN5O6. The number of halogens is 1. The number of amidine groups is 1. The Hall–Kier alpha value is -5.26. The van der Waals surface area contributed by atoms with E-state index in [1.807, 2.05) is 30.3 Å². The van der Waals surface area contributed by atoms with Crippen molar-refractivity contribution in [1.29, 1.82) is 5.41 Å². The summed E-state index contributed by atoms with van der Waals surface area (Å²) in [5.74, 6) is -1.51. The van der Waals surface area contributed by atoms with Crippen molar-refractivity contribution < 1.29 is 33.0 Å². The minimum atomic E-state index is -0.914. The minimum Gasteiger partial charge on any atom is -0.444 e. The van der Waals surface area contributed by atoms with Crippen molar-refractivity contribution in [2.45, 2.75) is 77.3 Å². The molecule has 48 heavy (non-hydrogen) atoms. The zero-order valence-corrected chi connectivity index (χ0v) is 27.5. The molecule has 0 spiro atoms. The molecule has 0 saturated carbocycles. The van der Waals surface area contributed by atoms with Crippen LogP contribution in [0.5, 0.6) is 0 Å². The van der Waals surface area contributed by atoms with Gasteiger partial charge in [-0.3, -0.25) is 25.2 Å². The smallest absolute Gasteiger partial charge is 0.413 e. The summed E-state index contributed by atoms with van der Waals surface area (Å²) in [4.78, 5) is 53.0. The largest absolute Gasteiger partial charge is 0.444 e. The summed E-state index contributed by atoms with van der Waals surface area (Å²) in [5.41, 5.74) is 2.11. The first-order valence-electron chi connectivity index (χ1n) is 15.8. The molecule has 0 aromatic heterocycles. The number of benzene rings is 3. The predicted octanol–water partition coefficient (Wildman–Crippen LogP) is 5.38. The molecule has 1 aliphatic heterocycles. The highest BCUT2D eigenvalue weighted by Gasteiger charge is 2.39. The molecule has 1 heterocycles. The summed E-state index contributed by atoms with van der Waals surface area (Å²) in [6.45, 7) is 7.28. The van der Waals surface area contributed by atoms with E-state index < -0.39 is 41.7 Å². The number of carbonyl (C=O) groups is 4. The number of alkyl carbamates (subject to hydrolysis) is 1. The number of hydrogen-bond acceptors (Lipinski definition) is 7. The van der Waals surface area contributed by atoms with E-state index >= 15 is 0 Å². The van der Waals surface area contributed by atoms with Crippen molar-refractivity contribution in [1.82, 2.24) is 20.9 Å². The second-order valence-corrected chi connectivity index (χ2v) is 12.7. The van der Waals surface area contributed by atoms with Crippen LogP contribution in [0.15, 0.2) is 78.9 Å². The number of rotatable bonds is 9. The quantitative estimate of drug-likeness (QED) is 0.179. The van der Waals surface area contributed by atoms with E-state index in [4.69, 9.17) is 14.9 Å². The van der Waals surface area contributed by atoms with Crippen LogP contribution in [-0.2, 0) is 32.2 Å². The van der Waals surface area contributed by atoms with Crippen molar-refractivity contribution in [3.8, 4) is 0 Å². The summed E-state index contributed by atoms with van der Waals surface area (Å²) < 4.78 is 24.3. The van der Waals surface area contributed by atoms with Gasteiger partial charge in [-0.2, -0.15) is 0 Å². The van der Waals surface area contributed by atoms with Crippen LogP contribution in [0.3, 0.4) is 0 Å². The summed E-state index contributed by atoms with van der Waals surface area (Å²) in [6.07, 6.45) is -0.513. The maximum absolute atomic E-state index is 13.5. The number of nitrogens with zero attached hydrogens (tertiary/aromatic N) is 1. The van der Waals surface area contributed by atoms with Gasteiger partial charge in [0, 0.05) is 18.7 Å². The molecule has 1 saturated heterocycles. The fraction of sp³-hybridized carbons (Fsp3) is 0.361. The Balaban J connectivity index is 1.30. The van der Waals surface area contributed by atoms with Crippen LogP contribution in [0.25, 0.3) is 0 Å². The summed E-state index contributed by atoms with van der Waals surface area (Å²) >= 11 is 0. The molecule has 0 aliphatic carbocycles. The van der Waals surface area contributed by atoms with Gasteiger partial charge in [-0.1, -0.05) is 66.7 Å². The molecule has 3 aromatic rings. The van der Waals surface area contributed by atoms with Crippen LogP contribution in [-0.4, -0.2) is 59.0 Å². The van der Waals surface area contributed by atoms with Crippen LogP contribution < -0.4 is 16.0 Å². The van der Waals surface area contributed by atoms with Gasteiger partial charge in [-0.05, 0) is 75.3 Å². The molecule has 0 bridgehead atoms. The summed E-state index contributed by atoms with van der Waals surface area (Å²) in [5, 5.41) is 16.1. The Morgan fingerprint density at radius 2 is 1.62 bits per heavy atom. The lowest BCUT2D eigenvalue weighted by Gasteiger charge is -2.39. The second-order valence-electron chi connectivity index (χ2n) is 12.7. The number of piperidine rings is 1. The number of likely N-dealkylation sites (tertiary alicyclic amines) is 1. The average molecular weight is 660 g/mol. The lowest BCUT2D eigenvalue weighted by molar-refractivity contribution is -0.132. The van der Waals surface area contributed by atoms with Gasteiger partial charge in [0.1, 0.15) is 35.9 Å². The van der Waals surface area contributed by atoms with Gasteiger partial charge in [-0.25, -0.2) is 14.0 Å². The molecule has 11 nitrogen and oxygen atoms in total. The van der Waals surface area contributed by atoms with Crippen molar-refractivity contribution in [2.24, 2.45) is 0 Å². The van der Waals surface area contributed by atoms with Gasteiger partial charge >= 0.3 is 12.2 Å². The van der Waals surface area contributed by atoms with E-state index in [0.717, 1.165) is 16.7 Å². The number of hydrogen-bond donors (Lipinski definition) is 4. The Labute approximate surface area is 279 Å². The maximum Gasteiger partial charge on any atom is 0.413 e. The van der Waals surface area contributed by atoms with Gasteiger partial charge in [0.25, 0.3) is 0 Å². The van der Waals surface area contributed by atoms with E-state index in [0.29, 0.717) is 12.0 Å². The van der Waals surface area contributed by atoms with E-state index in [-0.39, 0.29) is 43.7 Å². The van der Waals surface area contributed by atoms with Crippen LogP contribution in [0.4, 0.5) is 14.0 Å². The summed E-state index contributed by atoms with van der Waals surface area (Å²) in [6, 6.07) is 20.2. The lowest BCUT2D eigenvalue weighted by atomic mass is 9.85. The first-order chi connectivity index (χ1) is 22.8. The maximum atomic E-state index is 13.5. The fourth-order valence-electron chi connectivity index (χ4n) is 5.23. The van der Waals surface area contributed by atoms with Gasteiger partial charge in [-0.15, -0.1) is 0 Å². The third kappa shape index (κ3) is 10.4. The molecule has 4 amide bonds. The molecular weight excluding hydrogens is 617 g/mol. The van der Waals surface area contributed by atoms with Gasteiger partial charge in [0.15, 0.2) is 0 Å². The van der Waals surface area contributed by atoms with E-state index in [9.17, 15) is 23.6 Å². The third-order valence-electron chi connectivity index (χ3n) is 7.78. The van der Waals surface area contributed by atoms with Crippen molar-refractivity contribution in [3.05, 3.63) is 107 Å². The number of nitrogens with one attached hydrogen (secondary N) is 4. The highest BCUT2D eigenvalue weighted by molar-refractivity contribution is 6.04. The highest BCUT2D eigenvalue weighted by Crippen LogP contribution is 2.33. The monoisotopic (exact) mass is 659 g/mol. The predicted molar refractivity (Wildman–Crippen MR) is 178 cm³/mol. The first-order valence-corrected chi connectivity index (χ1v) is 15.8. The van der Waals surface area contributed by atoms with E-state index in [2.05, 4.69) is 16.0 Å². The Morgan fingerprint density at radius 1 is 0.958 bits per heavy atom. The zero-order chi connectivity index (χ0) is 34.8. The normalized spacial score (nSPS) is 16.6. The second kappa shape index (κ2) is 16.0. The Kier molecular flexibility index (Phi) is 11.9. The standard InChI is InChI=1S/C36H42FN5O6/c1-23(32(43)39-21-24-10-12-27(13-11-24)31(38)41-34(45)47-22-25-8-6-5-7-9-25)40-33(44)30-20-28(26-14-16-29(37)17-15-26)18-19-42(30)35(46)48-36(2,3)4/h5-17,23,28,30H,18-22H2,1-4H3,(H,39,43)(H,40,44)(H2,38,41,45)/t23-,28-,30+/m0/s1. The molecule has 3 aromatic carbocycles. The number of amides is 4. The molecule has 1 aliphatic rings. The van der Waals surface area contributed by atoms with Gasteiger partial charge in [0.2, 0.25) is 11.8 Å². The molecule has 1 fully saturated rings. The molecule has 4 N–H and O–H groups in total. The summed E-state index contributed by atoms with van der Waals surface area (Å²) in [7, 11) is 0. The molecule has 254 valence electrons. The lowest BCUT2D eigenvalue weighted by Crippen LogP contribution is -2.57. The highest BCUT2D eigenvalue weighted by atomic mass is 19.1. The van der Waals surface area contributed by atoms with Crippen molar-refractivity contribution >= 4 is 29.8 Å². The zero-order valence-electron chi connectivity index (χ0n) is 27.5. The Morgan fingerprint density at radius 3 is 2.27 bits per heavy atom. The Bertz CT molecular complexity index is 1590. The van der Waals surface area contributed by atoms with Crippen LogP contribution in [0.2, 0.25) is 0 Å². The minimum absolute atomic E-state index is 0.0800. The van der Waals surface area contributed by atoms with Crippen molar-refractivity contribution in [3.63, 3.8) is 0 Å². The number of carbonyl (C=O) groups excluding carboxylic acids is 4. The molecule has 3 atom stereocenters. The van der Waals surface area contributed by atoms with Gasteiger partial charge < -0.3 is 20.1 Å². The molecule has 12 heteroatoms. The van der Waals surface area contributed by atoms with E-state index in [1.165, 1.54) is 17.0 Å². The van der Waals surface area contributed by atoms with Crippen molar-refractivity contribution in [2.75, 3.05) is 6.54 Å². The SMILES string of the molecule is C[C@H](NC(=O)[C@H]1C[C@@H](c2ccc(F)cc2)CCN1C(=O)OC(C)(C)C)C(=O)NCc1ccc(C(=N)NC(=O)OCc2ccccc2)cc1.